The van der Waals surface area contributed by atoms with Crippen LogP contribution < -0.4 is 10.2 Å². The summed E-state index contributed by atoms with van der Waals surface area (Å²) in [6, 6.07) is 11.7. The van der Waals surface area contributed by atoms with Gasteiger partial charge in [0.15, 0.2) is 5.82 Å². The van der Waals surface area contributed by atoms with E-state index in [9.17, 15) is 9.59 Å². The molecule has 0 aliphatic carbocycles. The highest BCUT2D eigenvalue weighted by atomic mass is 16.5. The van der Waals surface area contributed by atoms with Crippen LogP contribution in [0.3, 0.4) is 0 Å². The van der Waals surface area contributed by atoms with Gasteiger partial charge in [-0.25, -0.2) is 0 Å². The van der Waals surface area contributed by atoms with Gasteiger partial charge in [0.05, 0.1) is 0 Å². The van der Waals surface area contributed by atoms with E-state index in [1.165, 1.54) is 17.4 Å². The number of aryl methyl sites for hydroxylation is 2. The van der Waals surface area contributed by atoms with Crippen molar-refractivity contribution in [1.82, 2.24) is 10.5 Å². The SMILES string of the molecule is CC(=O)N(CC(=O)NCCCc1ccccc1)c1cc(C)on1. The molecule has 0 spiro atoms. The number of anilines is 1. The van der Waals surface area contributed by atoms with Gasteiger partial charge in [-0.05, 0) is 25.3 Å². The first-order valence-electron chi connectivity index (χ1n) is 7.58. The Morgan fingerprint density at radius 3 is 2.61 bits per heavy atom. The molecule has 0 bridgehead atoms. The fourth-order valence-corrected chi connectivity index (χ4v) is 2.20. The van der Waals surface area contributed by atoms with Crippen LogP contribution in [0.25, 0.3) is 0 Å². The lowest BCUT2D eigenvalue weighted by Crippen LogP contribution is -2.40. The zero-order chi connectivity index (χ0) is 16.7. The van der Waals surface area contributed by atoms with Gasteiger partial charge in [-0.15, -0.1) is 0 Å². The van der Waals surface area contributed by atoms with Crippen LogP contribution in [0.1, 0.15) is 24.7 Å². The number of rotatable bonds is 7. The van der Waals surface area contributed by atoms with E-state index in [2.05, 4.69) is 22.6 Å². The van der Waals surface area contributed by atoms with Crippen molar-refractivity contribution in [2.24, 2.45) is 0 Å². The summed E-state index contributed by atoms with van der Waals surface area (Å²) >= 11 is 0. The minimum atomic E-state index is -0.252. The number of carbonyl (C=O) groups is 2. The van der Waals surface area contributed by atoms with E-state index in [-0.39, 0.29) is 18.4 Å². The molecule has 6 heteroatoms. The molecule has 1 heterocycles. The predicted octanol–water partition coefficient (Wildman–Crippen LogP) is 2.08. The Bertz CT molecular complexity index is 652. The molecular weight excluding hydrogens is 294 g/mol. The average Bonchev–Trinajstić information content (AvgIpc) is 2.96. The van der Waals surface area contributed by atoms with Crippen molar-refractivity contribution in [3.63, 3.8) is 0 Å². The number of hydrogen-bond donors (Lipinski definition) is 1. The summed E-state index contributed by atoms with van der Waals surface area (Å²) in [7, 11) is 0. The maximum Gasteiger partial charge on any atom is 0.240 e. The van der Waals surface area contributed by atoms with Crippen molar-refractivity contribution in [3.8, 4) is 0 Å². The minimum absolute atomic E-state index is 0.0629. The predicted molar refractivity (Wildman–Crippen MR) is 87.0 cm³/mol. The number of nitrogens with one attached hydrogen (secondary N) is 1. The fourth-order valence-electron chi connectivity index (χ4n) is 2.20. The van der Waals surface area contributed by atoms with Crippen LogP contribution in [0.4, 0.5) is 5.82 Å². The van der Waals surface area contributed by atoms with Gasteiger partial charge >= 0.3 is 0 Å². The molecule has 0 aliphatic heterocycles. The van der Waals surface area contributed by atoms with Crippen LogP contribution in [0, 0.1) is 6.92 Å². The van der Waals surface area contributed by atoms with E-state index in [0.717, 1.165) is 12.8 Å². The van der Waals surface area contributed by atoms with Crippen molar-refractivity contribution in [2.75, 3.05) is 18.0 Å². The topological polar surface area (TPSA) is 75.4 Å². The molecule has 2 aromatic rings. The van der Waals surface area contributed by atoms with Crippen molar-refractivity contribution < 1.29 is 14.1 Å². The average molecular weight is 315 g/mol. The molecule has 1 aromatic carbocycles. The maximum atomic E-state index is 12.0. The van der Waals surface area contributed by atoms with Gasteiger partial charge in [0.1, 0.15) is 12.3 Å². The lowest BCUT2D eigenvalue weighted by atomic mass is 10.1. The highest BCUT2D eigenvalue weighted by Gasteiger charge is 2.18. The first-order chi connectivity index (χ1) is 11.1. The van der Waals surface area contributed by atoms with Gasteiger partial charge in [-0.1, -0.05) is 35.5 Å². The summed E-state index contributed by atoms with van der Waals surface area (Å²) in [5.41, 5.74) is 1.24. The highest BCUT2D eigenvalue weighted by molar-refractivity contribution is 5.96. The summed E-state index contributed by atoms with van der Waals surface area (Å²) in [5.74, 6) is 0.482. The third-order valence-electron chi connectivity index (χ3n) is 3.38. The number of benzene rings is 1. The number of aromatic nitrogens is 1. The molecule has 122 valence electrons. The molecule has 23 heavy (non-hydrogen) atoms. The van der Waals surface area contributed by atoms with Gasteiger partial charge < -0.3 is 9.84 Å². The van der Waals surface area contributed by atoms with Crippen molar-refractivity contribution in [3.05, 3.63) is 47.7 Å². The Kier molecular flexibility index (Phi) is 5.91. The maximum absolute atomic E-state index is 12.0. The van der Waals surface area contributed by atoms with E-state index in [4.69, 9.17) is 4.52 Å². The summed E-state index contributed by atoms with van der Waals surface area (Å²) in [6.45, 7) is 3.63. The number of hydrogen-bond acceptors (Lipinski definition) is 4. The normalized spacial score (nSPS) is 10.3. The van der Waals surface area contributed by atoms with Gasteiger partial charge in [0, 0.05) is 19.5 Å². The van der Waals surface area contributed by atoms with Crippen molar-refractivity contribution in [1.29, 1.82) is 0 Å². The van der Waals surface area contributed by atoms with E-state index in [0.29, 0.717) is 18.1 Å². The number of carbonyl (C=O) groups excluding carboxylic acids is 2. The molecule has 1 N–H and O–H groups in total. The lowest BCUT2D eigenvalue weighted by molar-refractivity contribution is -0.123. The standard InChI is InChI=1S/C17H21N3O3/c1-13-11-16(19-23-13)20(14(2)21)12-17(22)18-10-6-9-15-7-4-3-5-8-15/h3-5,7-8,11H,6,9-10,12H2,1-2H3,(H,18,22). The van der Waals surface area contributed by atoms with Crippen LogP contribution in [0.15, 0.2) is 40.9 Å². The van der Waals surface area contributed by atoms with Crippen LogP contribution >= 0.6 is 0 Å². The van der Waals surface area contributed by atoms with Crippen LogP contribution in [0.5, 0.6) is 0 Å². The summed E-state index contributed by atoms with van der Waals surface area (Å²) < 4.78 is 4.95. The minimum Gasteiger partial charge on any atom is -0.360 e. The van der Waals surface area contributed by atoms with E-state index < -0.39 is 0 Å². The van der Waals surface area contributed by atoms with Gasteiger partial charge in [0.25, 0.3) is 0 Å². The Labute approximate surface area is 135 Å². The van der Waals surface area contributed by atoms with Crippen LogP contribution in [-0.2, 0) is 16.0 Å². The first-order valence-corrected chi connectivity index (χ1v) is 7.58. The smallest absolute Gasteiger partial charge is 0.240 e. The quantitative estimate of drug-likeness (QED) is 0.794. The molecule has 2 amide bonds. The molecule has 0 atom stereocenters. The summed E-state index contributed by atoms with van der Waals surface area (Å²) in [6.07, 6.45) is 1.75. The molecule has 6 nitrogen and oxygen atoms in total. The van der Waals surface area contributed by atoms with E-state index in [1.54, 1.807) is 13.0 Å². The van der Waals surface area contributed by atoms with Crippen molar-refractivity contribution >= 4 is 17.6 Å². The van der Waals surface area contributed by atoms with Gasteiger partial charge in [-0.3, -0.25) is 14.5 Å². The molecule has 0 radical (unpaired) electrons. The zero-order valence-electron chi connectivity index (χ0n) is 13.4. The second kappa shape index (κ2) is 8.12. The molecule has 0 saturated heterocycles. The Balaban J connectivity index is 1.77. The Morgan fingerprint density at radius 2 is 2.00 bits per heavy atom. The van der Waals surface area contributed by atoms with E-state index >= 15 is 0 Å². The molecule has 2 rings (SSSR count). The lowest BCUT2D eigenvalue weighted by Gasteiger charge is -2.17. The number of amides is 2. The molecule has 0 aliphatic rings. The molecule has 1 aromatic heterocycles. The van der Waals surface area contributed by atoms with E-state index in [1.807, 2.05) is 18.2 Å². The molecular formula is C17H21N3O3. The third-order valence-corrected chi connectivity index (χ3v) is 3.38. The largest absolute Gasteiger partial charge is 0.360 e. The number of nitrogens with zero attached hydrogens (tertiary/aromatic N) is 2. The summed E-state index contributed by atoms with van der Waals surface area (Å²) in [5, 5.41) is 6.60. The first kappa shape index (κ1) is 16.7. The van der Waals surface area contributed by atoms with Crippen molar-refractivity contribution in [2.45, 2.75) is 26.7 Å². The van der Waals surface area contributed by atoms with Gasteiger partial charge in [0.2, 0.25) is 11.8 Å². The Morgan fingerprint density at radius 1 is 1.26 bits per heavy atom. The highest BCUT2D eigenvalue weighted by Crippen LogP contribution is 2.13. The fraction of sp³-hybridized carbons (Fsp3) is 0.353. The second-order valence-corrected chi connectivity index (χ2v) is 5.34. The molecule has 0 unspecified atom stereocenters. The zero-order valence-corrected chi connectivity index (χ0v) is 13.4. The Hall–Kier alpha value is -2.63. The second-order valence-electron chi connectivity index (χ2n) is 5.34. The molecule has 0 saturated carbocycles. The molecule has 0 fully saturated rings. The third kappa shape index (κ3) is 5.25. The van der Waals surface area contributed by atoms with Crippen LogP contribution in [-0.4, -0.2) is 30.1 Å². The van der Waals surface area contributed by atoms with Gasteiger partial charge in [-0.2, -0.15) is 0 Å². The van der Waals surface area contributed by atoms with Crippen LogP contribution in [0.2, 0.25) is 0 Å². The summed E-state index contributed by atoms with van der Waals surface area (Å²) in [4.78, 5) is 24.9. The monoisotopic (exact) mass is 315 g/mol.